The predicted octanol–water partition coefficient (Wildman–Crippen LogP) is 3.13. The summed E-state index contributed by atoms with van der Waals surface area (Å²) in [7, 11) is 1.56. The van der Waals surface area contributed by atoms with E-state index < -0.39 is 0 Å². The Balaban J connectivity index is 2.25. The van der Waals surface area contributed by atoms with Crippen LogP contribution < -0.4 is 4.74 Å². The Morgan fingerprint density at radius 2 is 2.35 bits per heavy atom. The van der Waals surface area contributed by atoms with E-state index in [4.69, 9.17) is 4.74 Å². The van der Waals surface area contributed by atoms with Crippen molar-refractivity contribution >= 4 is 5.91 Å². The summed E-state index contributed by atoms with van der Waals surface area (Å²) in [6.45, 7) is 5.26. The van der Waals surface area contributed by atoms with E-state index in [1.54, 1.807) is 25.4 Å². The van der Waals surface area contributed by atoms with Gasteiger partial charge in [-0.05, 0) is 37.3 Å². The van der Waals surface area contributed by atoms with Gasteiger partial charge in [0, 0.05) is 18.8 Å². The van der Waals surface area contributed by atoms with E-state index in [-0.39, 0.29) is 5.91 Å². The number of pyridine rings is 1. The highest BCUT2D eigenvalue weighted by atomic mass is 16.5. The second-order valence-corrected chi connectivity index (χ2v) is 5.53. The molecule has 2 heterocycles. The number of carbonyl (C=O) groups is 1. The van der Waals surface area contributed by atoms with Crippen LogP contribution in [0.4, 0.5) is 0 Å². The van der Waals surface area contributed by atoms with Crippen LogP contribution in [0.1, 0.15) is 49.9 Å². The quantitative estimate of drug-likeness (QED) is 0.848. The summed E-state index contributed by atoms with van der Waals surface area (Å²) in [4.78, 5) is 19.0. The Labute approximate surface area is 121 Å². The fourth-order valence-corrected chi connectivity index (χ4v) is 3.11. The molecule has 1 fully saturated rings. The highest BCUT2D eigenvalue weighted by Crippen LogP contribution is 2.29. The minimum absolute atomic E-state index is 0.0555. The summed E-state index contributed by atoms with van der Waals surface area (Å²) in [6, 6.07) is 3.93. The first-order chi connectivity index (χ1) is 9.69. The van der Waals surface area contributed by atoms with E-state index in [0.29, 0.717) is 23.4 Å². The number of amides is 1. The molecule has 1 aliphatic heterocycles. The minimum atomic E-state index is 0.0555. The van der Waals surface area contributed by atoms with E-state index in [1.807, 2.05) is 4.90 Å². The average Bonchev–Trinajstić information content (AvgIpc) is 2.48. The van der Waals surface area contributed by atoms with Crippen molar-refractivity contribution < 1.29 is 9.53 Å². The molecule has 0 unspecified atom stereocenters. The molecule has 1 aliphatic rings. The van der Waals surface area contributed by atoms with E-state index in [9.17, 15) is 4.79 Å². The van der Waals surface area contributed by atoms with Crippen LogP contribution in [0.2, 0.25) is 0 Å². The monoisotopic (exact) mass is 276 g/mol. The van der Waals surface area contributed by atoms with Crippen LogP contribution in [-0.2, 0) is 0 Å². The molecule has 2 atom stereocenters. The molecule has 1 saturated heterocycles. The van der Waals surface area contributed by atoms with E-state index in [2.05, 4.69) is 18.8 Å². The smallest absolute Gasteiger partial charge is 0.259 e. The largest absolute Gasteiger partial charge is 0.480 e. The first kappa shape index (κ1) is 14.8. The highest BCUT2D eigenvalue weighted by Gasteiger charge is 2.32. The van der Waals surface area contributed by atoms with Gasteiger partial charge in [0.15, 0.2) is 0 Å². The zero-order valence-corrected chi connectivity index (χ0v) is 12.6. The summed E-state index contributed by atoms with van der Waals surface area (Å²) in [6.07, 6.45) is 6.10. The number of piperidine rings is 1. The third kappa shape index (κ3) is 2.94. The van der Waals surface area contributed by atoms with E-state index in [0.717, 1.165) is 25.8 Å². The molecule has 0 aromatic carbocycles. The molecule has 0 N–H and O–H groups in total. The fraction of sp³-hybridized carbons (Fsp3) is 0.625. The molecule has 4 heteroatoms. The summed E-state index contributed by atoms with van der Waals surface area (Å²) in [5.41, 5.74) is 0.574. The minimum Gasteiger partial charge on any atom is -0.480 e. The van der Waals surface area contributed by atoms with Crippen molar-refractivity contribution in [3.8, 4) is 5.88 Å². The van der Waals surface area contributed by atoms with E-state index in [1.165, 1.54) is 6.42 Å². The zero-order chi connectivity index (χ0) is 14.5. The molecule has 1 aromatic heterocycles. The highest BCUT2D eigenvalue weighted by molar-refractivity contribution is 5.96. The van der Waals surface area contributed by atoms with Crippen LogP contribution in [0.25, 0.3) is 0 Å². The molecule has 0 saturated carbocycles. The van der Waals surface area contributed by atoms with Crippen LogP contribution in [0.3, 0.4) is 0 Å². The maximum absolute atomic E-state index is 12.8. The Morgan fingerprint density at radius 3 is 3.05 bits per heavy atom. The van der Waals surface area contributed by atoms with Gasteiger partial charge in [-0.1, -0.05) is 20.3 Å². The third-order valence-electron chi connectivity index (χ3n) is 4.16. The van der Waals surface area contributed by atoms with Crippen LogP contribution in [0, 0.1) is 5.92 Å². The lowest BCUT2D eigenvalue weighted by atomic mass is 9.87. The van der Waals surface area contributed by atoms with Crippen LogP contribution in [-0.4, -0.2) is 35.5 Å². The predicted molar refractivity (Wildman–Crippen MR) is 78.9 cm³/mol. The molecule has 0 aliphatic carbocycles. The number of likely N-dealkylation sites (tertiary alicyclic amines) is 1. The number of rotatable bonds is 4. The molecule has 110 valence electrons. The van der Waals surface area contributed by atoms with Crippen molar-refractivity contribution in [2.45, 2.75) is 45.6 Å². The normalized spacial score (nSPS) is 22.6. The van der Waals surface area contributed by atoms with Gasteiger partial charge in [0.25, 0.3) is 5.91 Å². The van der Waals surface area contributed by atoms with Gasteiger partial charge in [0.2, 0.25) is 5.88 Å². The molecule has 2 rings (SSSR count). The van der Waals surface area contributed by atoms with Crippen molar-refractivity contribution in [2.24, 2.45) is 5.92 Å². The molecule has 4 nitrogen and oxygen atoms in total. The summed E-state index contributed by atoms with van der Waals surface area (Å²) in [5, 5.41) is 0. The maximum Gasteiger partial charge on any atom is 0.259 e. The molecule has 20 heavy (non-hydrogen) atoms. The molecule has 0 bridgehead atoms. The van der Waals surface area contributed by atoms with Crippen LogP contribution in [0.5, 0.6) is 5.88 Å². The van der Waals surface area contributed by atoms with Gasteiger partial charge in [-0.25, -0.2) is 4.98 Å². The van der Waals surface area contributed by atoms with Gasteiger partial charge in [-0.2, -0.15) is 0 Å². The summed E-state index contributed by atoms with van der Waals surface area (Å²) < 4.78 is 5.22. The number of nitrogens with zero attached hydrogens (tertiary/aromatic N) is 2. The van der Waals surface area contributed by atoms with Crippen molar-refractivity contribution in [3.63, 3.8) is 0 Å². The molecule has 1 aromatic rings. The Hall–Kier alpha value is -1.58. The number of hydrogen-bond acceptors (Lipinski definition) is 3. The van der Waals surface area contributed by atoms with Gasteiger partial charge in [-0.15, -0.1) is 0 Å². The van der Waals surface area contributed by atoms with Gasteiger partial charge >= 0.3 is 0 Å². The van der Waals surface area contributed by atoms with Crippen molar-refractivity contribution in [1.29, 1.82) is 0 Å². The van der Waals surface area contributed by atoms with Crippen LogP contribution >= 0.6 is 0 Å². The summed E-state index contributed by atoms with van der Waals surface area (Å²) in [5.74, 6) is 1.04. The van der Waals surface area contributed by atoms with Crippen LogP contribution in [0.15, 0.2) is 18.3 Å². The first-order valence-electron chi connectivity index (χ1n) is 7.49. The number of ether oxygens (including phenoxy) is 1. The summed E-state index contributed by atoms with van der Waals surface area (Å²) >= 11 is 0. The maximum atomic E-state index is 12.8. The number of carbonyl (C=O) groups excluding carboxylic acids is 1. The molecular weight excluding hydrogens is 252 g/mol. The average molecular weight is 276 g/mol. The number of methoxy groups -OCH3 is 1. The van der Waals surface area contributed by atoms with E-state index >= 15 is 0 Å². The van der Waals surface area contributed by atoms with Gasteiger partial charge in [0.1, 0.15) is 5.56 Å². The number of hydrogen-bond donors (Lipinski definition) is 0. The molecule has 0 radical (unpaired) electrons. The van der Waals surface area contributed by atoms with Gasteiger partial charge in [-0.3, -0.25) is 4.79 Å². The van der Waals surface area contributed by atoms with Crippen molar-refractivity contribution in [3.05, 3.63) is 23.9 Å². The van der Waals surface area contributed by atoms with Crippen molar-refractivity contribution in [2.75, 3.05) is 13.7 Å². The SMILES string of the molecule is CCC[C@@H]1[C@@H](C)CCCN1C(=O)c1cccnc1OC. The van der Waals surface area contributed by atoms with Crippen molar-refractivity contribution in [1.82, 2.24) is 9.88 Å². The fourth-order valence-electron chi connectivity index (χ4n) is 3.11. The first-order valence-corrected chi connectivity index (χ1v) is 7.49. The lowest BCUT2D eigenvalue weighted by Crippen LogP contribution is -2.47. The second kappa shape index (κ2) is 6.73. The Kier molecular flexibility index (Phi) is 4.99. The molecule has 0 spiro atoms. The lowest BCUT2D eigenvalue weighted by molar-refractivity contribution is 0.0493. The van der Waals surface area contributed by atoms with Gasteiger partial charge < -0.3 is 9.64 Å². The zero-order valence-electron chi connectivity index (χ0n) is 12.6. The second-order valence-electron chi connectivity index (χ2n) is 5.53. The lowest BCUT2D eigenvalue weighted by Gasteiger charge is -2.40. The number of aromatic nitrogens is 1. The Bertz CT molecular complexity index is 462. The molecule has 1 amide bonds. The van der Waals surface area contributed by atoms with Gasteiger partial charge in [0.05, 0.1) is 7.11 Å². The Morgan fingerprint density at radius 1 is 1.55 bits per heavy atom. The topological polar surface area (TPSA) is 42.4 Å². The molecular formula is C16H24N2O2. The third-order valence-corrected chi connectivity index (χ3v) is 4.16. The standard InChI is InChI=1S/C16H24N2O2/c1-4-7-14-12(2)8-6-11-18(14)16(19)13-9-5-10-17-15(13)20-3/h5,9-10,12,14H,4,6-8,11H2,1-3H3/t12-,14+/m0/s1.